The van der Waals surface area contributed by atoms with Crippen LogP contribution in [0, 0.1) is 15.9 Å². The summed E-state index contributed by atoms with van der Waals surface area (Å²) >= 11 is 0. The van der Waals surface area contributed by atoms with Crippen molar-refractivity contribution < 1.29 is 23.7 Å². The number of nitrogens with zero attached hydrogens (tertiary/aromatic N) is 2. The first-order valence-electron chi connectivity index (χ1n) is 7.14. The third-order valence-corrected chi connectivity index (χ3v) is 2.84. The lowest BCUT2D eigenvalue weighted by Gasteiger charge is -2.05. The molecule has 0 unspecified atom stereocenters. The highest BCUT2D eigenvalue weighted by Crippen LogP contribution is 2.17. The van der Waals surface area contributed by atoms with Crippen LogP contribution >= 0.6 is 0 Å². The van der Waals surface area contributed by atoms with E-state index in [2.05, 4.69) is 10.5 Å². The number of anilines is 1. The Bertz CT molecular complexity index is 782. The van der Waals surface area contributed by atoms with E-state index in [1.54, 1.807) is 12.1 Å². The first-order valence-corrected chi connectivity index (χ1v) is 7.14. The van der Waals surface area contributed by atoms with E-state index in [1.807, 2.05) is 0 Å². The van der Waals surface area contributed by atoms with E-state index in [9.17, 15) is 19.3 Å². The Morgan fingerprint density at radius 2 is 2.04 bits per heavy atom. The number of halogens is 1. The summed E-state index contributed by atoms with van der Waals surface area (Å²) in [5, 5.41) is 16.5. The van der Waals surface area contributed by atoms with Gasteiger partial charge in [0.05, 0.1) is 4.92 Å². The molecule has 9 heteroatoms. The maximum atomic E-state index is 13.3. The highest BCUT2D eigenvalue weighted by Gasteiger charge is 2.07. The number of rotatable bonds is 8. The first kappa shape index (κ1) is 17.9. The molecule has 0 heterocycles. The second kappa shape index (κ2) is 8.96. The Labute approximate surface area is 142 Å². The molecule has 0 saturated carbocycles. The summed E-state index contributed by atoms with van der Waals surface area (Å²) in [5.74, 6) is -1.00. The van der Waals surface area contributed by atoms with Crippen LogP contribution in [-0.2, 0) is 9.63 Å². The zero-order valence-electron chi connectivity index (χ0n) is 12.9. The first-order chi connectivity index (χ1) is 12.1. The van der Waals surface area contributed by atoms with E-state index in [0.717, 1.165) is 6.21 Å². The Kier molecular flexibility index (Phi) is 6.40. The Balaban J connectivity index is 1.71. The minimum Gasteiger partial charge on any atom is -0.487 e. The van der Waals surface area contributed by atoms with Gasteiger partial charge in [0.15, 0.2) is 18.2 Å². The van der Waals surface area contributed by atoms with Gasteiger partial charge in [-0.05, 0) is 18.2 Å². The maximum Gasteiger partial charge on any atom is 0.271 e. The smallest absolute Gasteiger partial charge is 0.271 e. The van der Waals surface area contributed by atoms with Crippen molar-refractivity contribution in [3.8, 4) is 5.75 Å². The number of para-hydroxylation sites is 1. The van der Waals surface area contributed by atoms with Crippen LogP contribution in [0.1, 0.15) is 0 Å². The summed E-state index contributed by atoms with van der Waals surface area (Å²) in [6, 6.07) is 11.4. The highest BCUT2D eigenvalue weighted by atomic mass is 19.1. The number of nitro benzene ring substituents is 1. The van der Waals surface area contributed by atoms with Crippen LogP contribution in [0.3, 0.4) is 0 Å². The largest absolute Gasteiger partial charge is 0.487 e. The number of amides is 1. The minimum atomic E-state index is -0.615. The molecule has 0 saturated heterocycles. The molecule has 1 N–H and O–H groups in total. The molecule has 2 aromatic carbocycles. The van der Waals surface area contributed by atoms with Crippen LogP contribution in [-0.4, -0.2) is 30.3 Å². The number of benzene rings is 2. The van der Waals surface area contributed by atoms with Gasteiger partial charge < -0.3 is 14.9 Å². The lowest BCUT2D eigenvalue weighted by atomic mass is 10.3. The van der Waals surface area contributed by atoms with Crippen molar-refractivity contribution in [2.24, 2.45) is 5.16 Å². The van der Waals surface area contributed by atoms with Gasteiger partial charge in [-0.1, -0.05) is 23.4 Å². The van der Waals surface area contributed by atoms with E-state index in [4.69, 9.17) is 9.57 Å². The van der Waals surface area contributed by atoms with Crippen LogP contribution in [0.25, 0.3) is 0 Å². The molecule has 0 radical (unpaired) electrons. The van der Waals surface area contributed by atoms with Gasteiger partial charge in [0, 0.05) is 17.8 Å². The number of nitrogens with one attached hydrogen (secondary N) is 1. The van der Waals surface area contributed by atoms with Gasteiger partial charge in [0.25, 0.3) is 11.6 Å². The standard InChI is InChI=1S/C16H14FN3O5/c17-14-6-1-2-7-15(14)24-8-9-25-18-11-16(21)19-12-4-3-5-13(10-12)20(22)23/h1-7,10-11H,8-9H2,(H,19,21). The zero-order chi connectivity index (χ0) is 18.1. The van der Waals surface area contributed by atoms with E-state index >= 15 is 0 Å². The van der Waals surface area contributed by atoms with Crippen LogP contribution in [0.15, 0.2) is 53.7 Å². The van der Waals surface area contributed by atoms with Crippen LogP contribution in [0.2, 0.25) is 0 Å². The molecular weight excluding hydrogens is 333 g/mol. The van der Waals surface area contributed by atoms with Gasteiger partial charge in [-0.25, -0.2) is 4.39 Å². The van der Waals surface area contributed by atoms with Gasteiger partial charge in [-0.3, -0.25) is 14.9 Å². The second-order valence-corrected chi connectivity index (χ2v) is 4.64. The molecule has 0 fully saturated rings. The van der Waals surface area contributed by atoms with Crippen molar-refractivity contribution in [2.75, 3.05) is 18.5 Å². The average molecular weight is 347 g/mol. The number of oxime groups is 1. The molecular formula is C16H14FN3O5. The predicted octanol–water partition coefficient (Wildman–Crippen LogP) is 2.75. The van der Waals surface area contributed by atoms with Crippen LogP contribution in [0.5, 0.6) is 5.75 Å². The fourth-order valence-corrected chi connectivity index (χ4v) is 1.76. The Hall–Kier alpha value is -3.49. The van der Waals surface area contributed by atoms with Gasteiger partial charge in [-0.2, -0.15) is 0 Å². The normalized spacial score (nSPS) is 10.4. The molecule has 2 rings (SSSR count). The van der Waals surface area contributed by atoms with Crippen LogP contribution < -0.4 is 10.1 Å². The van der Waals surface area contributed by atoms with Crippen molar-refractivity contribution in [3.05, 3.63) is 64.5 Å². The summed E-state index contributed by atoms with van der Waals surface area (Å²) < 4.78 is 18.4. The fourth-order valence-electron chi connectivity index (χ4n) is 1.76. The summed E-state index contributed by atoms with van der Waals surface area (Å²) in [7, 11) is 0. The van der Waals surface area contributed by atoms with E-state index in [0.29, 0.717) is 0 Å². The molecule has 0 aliphatic rings. The van der Waals surface area contributed by atoms with Crippen molar-refractivity contribution >= 4 is 23.5 Å². The summed E-state index contributed by atoms with van der Waals surface area (Å²) in [4.78, 5) is 26.5. The van der Waals surface area contributed by atoms with Crippen molar-refractivity contribution in [2.45, 2.75) is 0 Å². The maximum absolute atomic E-state index is 13.3. The molecule has 8 nitrogen and oxygen atoms in total. The quantitative estimate of drug-likeness (QED) is 0.342. The van der Waals surface area contributed by atoms with Crippen molar-refractivity contribution in [1.29, 1.82) is 0 Å². The lowest BCUT2D eigenvalue weighted by Crippen LogP contribution is -2.13. The molecule has 1 amide bonds. The zero-order valence-corrected chi connectivity index (χ0v) is 12.9. The second-order valence-electron chi connectivity index (χ2n) is 4.64. The summed E-state index contributed by atoms with van der Waals surface area (Å²) in [6.07, 6.45) is 0.877. The van der Waals surface area contributed by atoms with Gasteiger partial charge in [-0.15, -0.1) is 0 Å². The molecule has 0 aliphatic heterocycles. The third-order valence-electron chi connectivity index (χ3n) is 2.84. The fraction of sp³-hybridized carbons (Fsp3) is 0.125. The molecule has 25 heavy (non-hydrogen) atoms. The number of hydrogen-bond acceptors (Lipinski definition) is 6. The lowest BCUT2D eigenvalue weighted by molar-refractivity contribution is -0.384. The molecule has 0 bridgehead atoms. The molecule has 0 aliphatic carbocycles. The average Bonchev–Trinajstić information content (AvgIpc) is 2.59. The number of carbonyl (C=O) groups excluding carboxylic acids is 1. The number of non-ortho nitro benzene ring substituents is 1. The number of ether oxygens (including phenoxy) is 1. The van der Waals surface area contributed by atoms with Crippen molar-refractivity contribution in [3.63, 3.8) is 0 Å². The van der Waals surface area contributed by atoms with Crippen molar-refractivity contribution in [1.82, 2.24) is 0 Å². The highest BCUT2D eigenvalue weighted by molar-refractivity contribution is 6.31. The predicted molar refractivity (Wildman–Crippen MR) is 88.1 cm³/mol. The van der Waals surface area contributed by atoms with Gasteiger partial charge in [0.1, 0.15) is 12.8 Å². The summed E-state index contributed by atoms with van der Waals surface area (Å²) in [5.41, 5.74) is 0.116. The number of carbonyl (C=O) groups is 1. The molecule has 0 spiro atoms. The monoisotopic (exact) mass is 347 g/mol. The molecule has 2 aromatic rings. The van der Waals surface area contributed by atoms with Gasteiger partial charge in [0.2, 0.25) is 0 Å². The molecule has 130 valence electrons. The topological polar surface area (TPSA) is 103 Å². The van der Waals surface area contributed by atoms with Crippen LogP contribution in [0.4, 0.5) is 15.8 Å². The molecule has 0 atom stereocenters. The van der Waals surface area contributed by atoms with E-state index < -0.39 is 16.6 Å². The SMILES string of the molecule is O=C(C=NOCCOc1ccccc1F)Nc1cccc([N+](=O)[O-])c1. The number of nitro groups is 1. The van der Waals surface area contributed by atoms with E-state index in [-0.39, 0.29) is 30.3 Å². The summed E-state index contributed by atoms with van der Waals surface area (Å²) in [6.45, 7) is 0.0553. The number of hydrogen-bond donors (Lipinski definition) is 1. The molecule has 0 aromatic heterocycles. The van der Waals surface area contributed by atoms with Gasteiger partial charge >= 0.3 is 0 Å². The van der Waals surface area contributed by atoms with E-state index in [1.165, 1.54) is 36.4 Å². The third kappa shape index (κ3) is 5.90. The Morgan fingerprint density at radius 1 is 1.24 bits per heavy atom. The minimum absolute atomic E-state index is 0.00885. The Morgan fingerprint density at radius 3 is 2.80 bits per heavy atom.